The van der Waals surface area contributed by atoms with Crippen LogP contribution < -0.4 is 5.32 Å². The molecule has 0 aliphatic heterocycles. The average molecular weight is 351 g/mol. The van der Waals surface area contributed by atoms with E-state index in [1.54, 1.807) is 0 Å². The molecule has 1 aromatic heterocycles. The molecule has 2 rings (SSSR count). The first kappa shape index (κ1) is 15.5. The van der Waals surface area contributed by atoms with Gasteiger partial charge in [-0.25, -0.2) is 0 Å². The fourth-order valence-corrected chi connectivity index (χ4v) is 3.26. The summed E-state index contributed by atoms with van der Waals surface area (Å²) in [5.74, 6) is 1.00. The minimum Gasteiger partial charge on any atom is -0.309 e. The predicted octanol–water partition coefficient (Wildman–Crippen LogP) is 4.60. The zero-order valence-corrected chi connectivity index (χ0v) is 14.2. The Kier molecular flexibility index (Phi) is 6.07. The summed E-state index contributed by atoms with van der Waals surface area (Å²) in [6, 6.07) is 11.0. The van der Waals surface area contributed by atoms with E-state index in [-0.39, 0.29) is 0 Å². The fourth-order valence-electron chi connectivity index (χ4n) is 2.00. The van der Waals surface area contributed by atoms with Crippen LogP contribution in [0.1, 0.15) is 24.1 Å². The van der Waals surface area contributed by atoms with Gasteiger partial charge in [-0.1, -0.05) is 28.9 Å². The highest BCUT2D eigenvalue weighted by Gasteiger charge is 2.11. The molecule has 4 heteroatoms. The molecule has 0 saturated heterocycles. The van der Waals surface area contributed by atoms with Crippen molar-refractivity contribution in [2.24, 2.45) is 0 Å². The molecule has 1 unspecified atom stereocenters. The maximum absolute atomic E-state index is 4.30. The van der Waals surface area contributed by atoms with Gasteiger partial charge in [0.05, 0.1) is 0 Å². The Morgan fingerprint density at radius 2 is 2.00 bits per heavy atom. The summed E-state index contributed by atoms with van der Waals surface area (Å²) in [6.07, 6.45) is 3.86. The first-order valence-electron chi connectivity index (χ1n) is 6.72. The molecule has 0 aliphatic rings. The second kappa shape index (κ2) is 7.81. The Hall–Kier alpha value is -0.840. The summed E-state index contributed by atoms with van der Waals surface area (Å²) < 4.78 is 1.12. The van der Waals surface area contributed by atoms with Gasteiger partial charge in [-0.05, 0) is 48.9 Å². The lowest BCUT2D eigenvalue weighted by molar-refractivity contribution is 0.603. The highest BCUT2D eigenvalue weighted by molar-refractivity contribution is 9.10. The number of aryl methyl sites for hydroxylation is 1. The number of benzene rings is 1. The maximum Gasteiger partial charge on any atom is 0.0430 e. The number of hydrogen-bond acceptors (Lipinski definition) is 3. The van der Waals surface area contributed by atoms with E-state index in [9.17, 15) is 0 Å². The number of aromatic nitrogens is 1. The SMILES string of the molecule is CCNC(CSc1ccc(Br)cc1)c1cncc(C)c1. The Morgan fingerprint density at radius 3 is 2.65 bits per heavy atom. The summed E-state index contributed by atoms with van der Waals surface area (Å²) in [5.41, 5.74) is 2.47. The topological polar surface area (TPSA) is 24.9 Å². The van der Waals surface area contributed by atoms with Crippen LogP contribution in [0.2, 0.25) is 0 Å². The third-order valence-corrected chi connectivity index (χ3v) is 4.61. The smallest absolute Gasteiger partial charge is 0.0430 e. The molecule has 1 atom stereocenters. The molecule has 0 spiro atoms. The number of thioether (sulfide) groups is 1. The van der Waals surface area contributed by atoms with Crippen molar-refractivity contribution < 1.29 is 0 Å². The van der Waals surface area contributed by atoms with E-state index in [4.69, 9.17) is 0 Å². The zero-order valence-electron chi connectivity index (χ0n) is 11.8. The molecular weight excluding hydrogens is 332 g/mol. The van der Waals surface area contributed by atoms with Crippen LogP contribution in [0.5, 0.6) is 0 Å². The molecule has 0 fully saturated rings. The van der Waals surface area contributed by atoms with Crippen LogP contribution in [-0.4, -0.2) is 17.3 Å². The van der Waals surface area contributed by atoms with Crippen molar-refractivity contribution in [2.45, 2.75) is 24.8 Å². The lowest BCUT2D eigenvalue weighted by Gasteiger charge is -2.18. The molecule has 0 saturated carbocycles. The number of rotatable bonds is 6. The quantitative estimate of drug-likeness (QED) is 0.770. The van der Waals surface area contributed by atoms with E-state index >= 15 is 0 Å². The van der Waals surface area contributed by atoms with E-state index in [1.807, 2.05) is 24.2 Å². The molecule has 20 heavy (non-hydrogen) atoms. The summed E-state index contributed by atoms with van der Waals surface area (Å²) in [6.45, 7) is 5.18. The highest BCUT2D eigenvalue weighted by Crippen LogP contribution is 2.26. The summed E-state index contributed by atoms with van der Waals surface area (Å²) in [7, 11) is 0. The fraction of sp³-hybridized carbons (Fsp3) is 0.312. The van der Waals surface area contributed by atoms with Crippen molar-refractivity contribution in [3.8, 4) is 0 Å². The summed E-state index contributed by atoms with van der Waals surface area (Å²) in [4.78, 5) is 5.59. The molecule has 0 aliphatic carbocycles. The average Bonchev–Trinajstić information content (AvgIpc) is 2.45. The Labute approximate surface area is 133 Å². The first-order valence-corrected chi connectivity index (χ1v) is 8.50. The first-order chi connectivity index (χ1) is 9.69. The molecule has 2 aromatic rings. The van der Waals surface area contributed by atoms with Crippen LogP contribution in [0.25, 0.3) is 0 Å². The second-order valence-corrected chi connectivity index (χ2v) is 6.68. The van der Waals surface area contributed by atoms with Gasteiger partial charge in [0.2, 0.25) is 0 Å². The van der Waals surface area contributed by atoms with Gasteiger partial charge in [-0.3, -0.25) is 4.98 Å². The van der Waals surface area contributed by atoms with Crippen LogP contribution in [0.15, 0.2) is 52.1 Å². The van der Waals surface area contributed by atoms with Gasteiger partial charge in [0, 0.05) is 33.6 Å². The normalized spacial score (nSPS) is 12.3. The van der Waals surface area contributed by atoms with E-state index in [1.165, 1.54) is 16.0 Å². The molecule has 0 bridgehead atoms. The van der Waals surface area contributed by atoms with Gasteiger partial charge in [0.25, 0.3) is 0 Å². The molecular formula is C16H19BrN2S. The van der Waals surface area contributed by atoms with E-state index in [0.717, 1.165) is 16.8 Å². The number of halogens is 1. The Morgan fingerprint density at radius 1 is 1.25 bits per heavy atom. The van der Waals surface area contributed by atoms with Crippen LogP contribution >= 0.6 is 27.7 Å². The van der Waals surface area contributed by atoms with E-state index in [2.05, 4.69) is 70.4 Å². The van der Waals surface area contributed by atoms with Gasteiger partial charge in [0.1, 0.15) is 0 Å². The van der Waals surface area contributed by atoms with Gasteiger partial charge in [-0.2, -0.15) is 0 Å². The van der Waals surface area contributed by atoms with Gasteiger partial charge < -0.3 is 5.32 Å². The number of nitrogens with one attached hydrogen (secondary N) is 1. The number of hydrogen-bond donors (Lipinski definition) is 1. The minimum absolute atomic E-state index is 0.334. The molecule has 1 heterocycles. The van der Waals surface area contributed by atoms with Crippen LogP contribution in [0.3, 0.4) is 0 Å². The van der Waals surface area contributed by atoms with Crippen molar-refractivity contribution >= 4 is 27.7 Å². The standard InChI is InChI=1S/C16H19BrN2S/c1-3-19-16(13-8-12(2)9-18-10-13)11-20-15-6-4-14(17)5-7-15/h4-10,16,19H,3,11H2,1-2H3. The Bertz CT molecular complexity index is 542. The van der Waals surface area contributed by atoms with Gasteiger partial charge in [-0.15, -0.1) is 11.8 Å². The maximum atomic E-state index is 4.30. The van der Waals surface area contributed by atoms with Crippen molar-refractivity contribution in [3.63, 3.8) is 0 Å². The summed E-state index contributed by atoms with van der Waals surface area (Å²) in [5, 5.41) is 3.54. The molecule has 1 N–H and O–H groups in total. The molecule has 106 valence electrons. The van der Waals surface area contributed by atoms with E-state index in [0.29, 0.717) is 6.04 Å². The largest absolute Gasteiger partial charge is 0.309 e. The van der Waals surface area contributed by atoms with Gasteiger partial charge >= 0.3 is 0 Å². The van der Waals surface area contributed by atoms with Crippen LogP contribution in [0, 0.1) is 6.92 Å². The van der Waals surface area contributed by atoms with Crippen LogP contribution in [-0.2, 0) is 0 Å². The molecule has 0 amide bonds. The monoisotopic (exact) mass is 350 g/mol. The van der Waals surface area contributed by atoms with Crippen molar-refractivity contribution in [3.05, 3.63) is 58.3 Å². The zero-order chi connectivity index (χ0) is 14.4. The molecule has 2 nitrogen and oxygen atoms in total. The minimum atomic E-state index is 0.334. The van der Waals surface area contributed by atoms with Crippen molar-refractivity contribution in [1.29, 1.82) is 0 Å². The predicted molar refractivity (Wildman–Crippen MR) is 90.3 cm³/mol. The highest BCUT2D eigenvalue weighted by atomic mass is 79.9. The lowest BCUT2D eigenvalue weighted by atomic mass is 10.1. The van der Waals surface area contributed by atoms with Crippen LogP contribution in [0.4, 0.5) is 0 Å². The summed E-state index contributed by atoms with van der Waals surface area (Å²) >= 11 is 5.33. The lowest BCUT2D eigenvalue weighted by Crippen LogP contribution is -2.23. The van der Waals surface area contributed by atoms with Gasteiger partial charge in [0.15, 0.2) is 0 Å². The van der Waals surface area contributed by atoms with Crippen molar-refractivity contribution in [2.75, 3.05) is 12.3 Å². The number of pyridine rings is 1. The third kappa shape index (κ3) is 4.62. The molecule has 0 radical (unpaired) electrons. The van der Waals surface area contributed by atoms with Crippen molar-refractivity contribution in [1.82, 2.24) is 10.3 Å². The Balaban J connectivity index is 2.04. The second-order valence-electron chi connectivity index (χ2n) is 4.67. The number of nitrogens with zero attached hydrogens (tertiary/aromatic N) is 1. The third-order valence-electron chi connectivity index (χ3n) is 2.98. The van der Waals surface area contributed by atoms with E-state index < -0.39 is 0 Å². The molecule has 1 aromatic carbocycles.